The van der Waals surface area contributed by atoms with E-state index in [2.05, 4.69) is 99.8 Å². The highest BCUT2D eigenvalue weighted by molar-refractivity contribution is 5.24. The predicted molar refractivity (Wildman–Crippen MR) is 100 cm³/mol. The fourth-order valence-electron chi connectivity index (χ4n) is 3.77. The van der Waals surface area contributed by atoms with Crippen LogP contribution >= 0.6 is 0 Å². The Morgan fingerprint density at radius 2 is 1.09 bits per heavy atom. The summed E-state index contributed by atoms with van der Waals surface area (Å²) >= 11 is 0. The van der Waals surface area contributed by atoms with Gasteiger partial charge >= 0.3 is 0 Å². The lowest BCUT2D eigenvalue weighted by Crippen LogP contribution is -2.51. The van der Waals surface area contributed by atoms with Gasteiger partial charge in [0, 0.05) is 11.1 Å². The molecule has 0 amide bonds. The highest BCUT2D eigenvalue weighted by Gasteiger charge is 2.40. The molecule has 2 atom stereocenters. The van der Waals surface area contributed by atoms with E-state index < -0.39 is 0 Å². The Morgan fingerprint density at radius 3 is 1.35 bits per heavy atom. The summed E-state index contributed by atoms with van der Waals surface area (Å²) < 4.78 is 0.904. The van der Waals surface area contributed by atoms with E-state index in [4.69, 9.17) is 0 Å². The molecule has 2 aromatic rings. The van der Waals surface area contributed by atoms with Crippen LogP contribution in [0.15, 0.2) is 86.0 Å². The number of benzene rings is 2. The second-order valence-corrected chi connectivity index (χ2v) is 5.92. The van der Waals surface area contributed by atoms with Crippen LogP contribution < -0.4 is 0 Å². The lowest BCUT2D eigenvalue weighted by atomic mass is 9.94. The first-order chi connectivity index (χ1) is 11.2. The smallest absolute Gasteiger partial charge is 0.134 e. The second kappa shape index (κ2) is 7.94. The van der Waals surface area contributed by atoms with Crippen LogP contribution in [0.5, 0.6) is 0 Å². The molecule has 23 heavy (non-hydrogen) atoms. The average molecular weight is 306 g/mol. The van der Waals surface area contributed by atoms with Gasteiger partial charge in [0.05, 0.1) is 13.1 Å². The molecule has 0 radical (unpaired) electrons. The normalized spacial score (nSPS) is 14.0. The predicted octanol–water partition coefficient (Wildman–Crippen LogP) is 5.70. The van der Waals surface area contributed by atoms with Crippen LogP contribution in [-0.4, -0.2) is 17.6 Å². The maximum atomic E-state index is 4.16. The first-order valence-corrected chi connectivity index (χ1v) is 8.44. The monoisotopic (exact) mass is 306 g/mol. The van der Waals surface area contributed by atoms with E-state index in [-0.39, 0.29) is 12.1 Å². The van der Waals surface area contributed by atoms with Crippen molar-refractivity contribution in [3.63, 3.8) is 0 Å². The van der Waals surface area contributed by atoms with Crippen molar-refractivity contribution in [3.05, 3.63) is 97.1 Å². The Morgan fingerprint density at radius 1 is 0.739 bits per heavy atom. The van der Waals surface area contributed by atoms with Crippen LogP contribution in [0.1, 0.15) is 37.1 Å². The number of likely N-dealkylation sites (N-methyl/N-ethyl adjacent to an activating group) is 1. The summed E-state index contributed by atoms with van der Waals surface area (Å²) in [5, 5.41) is 0. The number of rotatable bonds is 8. The quantitative estimate of drug-likeness (QED) is 0.433. The number of hydrogen-bond donors (Lipinski definition) is 0. The lowest BCUT2D eigenvalue weighted by Gasteiger charge is -2.47. The summed E-state index contributed by atoms with van der Waals surface area (Å²) in [6.07, 6.45) is 4.20. The van der Waals surface area contributed by atoms with Gasteiger partial charge in [0.2, 0.25) is 0 Å². The third-order valence-corrected chi connectivity index (χ3v) is 5.01. The van der Waals surface area contributed by atoms with E-state index in [1.54, 1.807) is 0 Å². The van der Waals surface area contributed by atoms with Crippen molar-refractivity contribution in [3.8, 4) is 0 Å². The van der Waals surface area contributed by atoms with Crippen molar-refractivity contribution >= 4 is 0 Å². The fraction of sp³-hybridized carbons (Fsp3) is 0.273. The number of quaternary nitrogens is 1. The zero-order valence-corrected chi connectivity index (χ0v) is 14.4. The van der Waals surface area contributed by atoms with Crippen LogP contribution in [0, 0.1) is 0 Å². The van der Waals surface area contributed by atoms with Crippen molar-refractivity contribution < 1.29 is 4.48 Å². The molecule has 0 saturated heterocycles. The Hall–Kier alpha value is -2.12. The first kappa shape index (κ1) is 17.2. The van der Waals surface area contributed by atoms with E-state index in [9.17, 15) is 0 Å². The topological polar surface area (TPSA) is 0 Å². The third kappa shape index (κ3) is 3.30. The summed E-state index contributed by atoms with van der Waals surface area (Å²) in [7, 11) is 0. The lowest BCUT2D eigenvalue weighted by molar-refractivity contribution is -0.969. The summed E-state index contributed by atoms with van der Waals surface area (Å²) in [4.78, 5) is 0. The molecule has 0 saturated carbocycles. The third-order valence-electron chi connectivity index (χ3n) is 5.01. The Kier molecular flexibility index (Phi) is 5.95. The number of hydrogen-bond acceptors (Lipinski definition) is 0. The van der Waals surface area contributed by atoms with Crippen molar-refractivity contribution in [1.82, 2.24) is 0 Å². The van der Waals surface area contributed by atoms with Gasteiger partial charge in [-0.1, -0.05) is 73.8 Å². The van der Waals surface area contributed by atoms with Gasteiger partial charge in [0.25, 0.3) is 0 Å². The highest BCUT2D eigenvalue weighted by atomic mass is 15.4. The molecule has 0 aromatic heterocycles. The van der Waals surface area contributed by atoms with Crippen LogP contribution in [0.2, 0.25) is 0 Å². The van der Waals surface area contributed by atoms with Gasteiger partial charge in [-0.2, -0.15) is 0 Å². The molecule has 2 aromatic carbocycles. The van der Waals surface area contributed by atoms with Crippen LogP contribution in [-0.2, 0) is 0 Å². The highest BCUT2D eigenvalue weighted by Crippen LogP contribution is 2.40. The van der Waals surface area contributed by atoms with Gasteiger partial charge in [-0.3, -0.25) is 0 Å². The van der Waals surface area contributed by atoms with Gasteiger partial charge < -0.3 is 4.48 Å². The van der Waals surface area contributed by atoms with Crippen LogP contribution in [0.3, 0.4) is 0 Å². The van der Waals surface area contributed by atoms with Gasteiger partial charge in [0.1, 0.15) is 12.1 Å². The molecule has 0 aliphatic heterocycles. The largest absolute Gasteiger partial charge is 0.305 e. The van der Waals surface area contributed by atoms with E-state index in [1.807, 2.05) is 0 Å². The molecule has 0 N–H and O–H groups in total. The summed E-state index contributed by atoms with van der Waals surface area (Å²) in [5.74, 6) is 0. The van der Waals surface area contributed by atoms with Gasteiger partial charge in [-0.05, 0) is 26.0 Å². The standard InChI is InChI=1S/C22H28N/c1-5-21(19-15-11-9-12-16-19)23(7-3,8-4)22(6-2)20-17-13-10-14-18-20/h5-6,9-18,21-22H,1-2,7-8H2,3-4H3/q+1. The minimum atomic E-state index is 0.245. The summed E-state index contributed by atoms with van der Waals surface area (Å²) in [5.41, 5.74) is 2.63. The first-order valence-electron chi connectivity index (χ1n) is 8.44. The van der Waals surface area contributed by atoms with Crippen LogP contribution in [0.4, 0.5) is 0 Å². The van der Waals surface area contributed by atoms with Crippen molar-refractivity contribution in [2.45, 2.75) is 25.9 Å². The molecular weight excluding hydrogens is 278 g/mol. The average Bonchev–Trinajstić information content (AvgIpc) is 2.63. The Balaban J connectivity index is 2.56. The van der Waals surface area contributed by atoms with E-state index in [0.717, 1.165) is 17.6 Å². The molecule has 0 fully saturated rings. The van der Waals surface area contributed by atoms with E-state index in [1.165, 1.54) is 11.1 Å². The zero-order chi connectivity index (χ0) is 16.7. The molecule has 0 aliphatic rings. The van der Waals surface area contributed by atoms with Gasteiger partial charge in [-0.15, -0.1) is 0 Å². The van der Waals surface area contributed by atoms with Crippen molar-refractivity contribution in [2.24, 2.45) is 0 Å². The molecule has 120 valence electrons. The molecule has 2 unspecified atom stereocenters. The maximum Gasteiger partial charge on any atom is 0.134 e. The van der Waals surface area contributed by atoms with E-state index in [0.29, 0.717) is 0 Å². The molecule has 1 nitrogen and oxygen atoms in total. The molecule has 0 bridgehead atoms. The van der Waals surface area contributed by atoms with Crippen LogP contribution in [0.25, 0.3) is 0 Å². The Labute approximate surface area is 141 Å². The maximum absolute atomic E-state index is 4.16. The summed E-state index contributed by atoms with van der Waals surface area (Å²) in [6.45, 7) is 14.9. The minimum absolute atomic E-state index is 0.245. The molecule has 0 heterocycles. The SMILES string of the molecule is C=CC(c1ccccc1)[N+](CC)(CC)C(C=C)c1ccccc1. The molecule has 0 spiro atoms. The fourth-order valence-corrected chi connectivity index (χ4v) is 3.77. The summed E-state index contributed by atoms with van der Waals surface area (Å²) in [6, 6.07) is 21.9. The Bertz CT molecular complexity index is 557. The zero-order valence-electron chi connectivity index (χ0n) is 14.4. The van der Waals surface area contributed by atoms with Gasteiger partial charge in [0.15, 0.2) is 0 Å². The van der Waals surface area contributed by atoms with Crippen molar-refractivity contribution in [1.29, 1.82) is 0 Å². The second-order valence-electron chi connectivity index (χ2n) is 5.92. The molecular formula is C22H28N+. The molecule has 0 aliphatic carbocycles. The van der Waals surface area contributed by atoms with Crippen molar-refractivity contribution in [2.75, 3.05) is 13.1 Å². The van der Waals surface area contributed by atoms with E-state index >= 15 is 0 Å². The molecule has 1 heteroatoms. The molecule has 2 rings (SSSR count). The van der Waals surface area contributed by atoms with Gasteiger partial charge in [-0.25, -0.2) is 0 Å². The minimum Gasteiger partial charge on any atom is -0.305 e. The number of nitrogens with zero attached hydrogens (tertiary/aromatic N) is 1.